The van der Waals surface area contributed by atoms with Gasteiger partial charge in [0.05, 0.1) is 18.5 Å². The van der Waals surface area contributed by atoms with Crippen molar-refractivity contribution in [3.8, 4) is 5.69 Å². The van der Waals surface area contributed by atoms with Gasteiger partial charge in [0.2, 0.25) is 0 Å². The number of aryl methyl sites for hydroxylation is 1. The number of nitrogens with zero attached hydrogens (tertiary/aromatic N) is 3. The zero-order valence-electron chi connectivity index (χ0n) is 11.4. The average molecular weight is 259 g/mol. The Morgan fingerprint density at radius 3 is 2.63 bits per heavy atom. The second-order valence-electron chi connectivity index (χ2n) is 4.34. The number of carbonyl (C=O) groups is 1. The molecule has 0 aliphatic heterocycles. The molecule has 2 heterocycles. The van der Waals surface area contributed by atoms with Crippen molar-refractivity contribution in [2.75, 3.05) is 7.11 Å². The van der Waals surface area contributed by atoms with E-state index in [1.807, 2.05) is 30.7 Å². The van der Waals surface area contributed by atoms with Crippen molar-refractivity contribution in [3.63, 3.8) is 0 Å². The van der Waals surface area contributed by atoms with Crippen molar-refractivity contribution in [3.05, 3.63) is 41.5 Å². The molecule has 0 fully saturated rings. The minimum absolute atomic E-state index is 0.199. The largest absolute Gasteiger partial charge is 0.469 e. The zero-order chi connectivity index (χ0) is 13.8. The van der Waals surface area contributed by atoms with Crippen LogP contribution in [-0.2, 0) is 16.0 Å². The van der Waals surface area contributed by atoms with Gasteiger partial charge in [0.15, 0.2) is 0 Å². The fourth-order valence-electron chi connectivity index (χ4n) is 2.10. The Hall–Kier alpha value is -2.17. The molecule has 5 heteroatoms. The lowest BCUT2D eigenvalue weighted by Gasteiger charge is -2.04. The Labute approximate surface area is 112 Å². The van der Waals surface area contributed by atoms with Gasteiger partial charge in [-0.2, -0.15) is 5.10 Å². The highest BCUT2D eigenvalue weighted by Gasteiger charge is 2.14. The van der Waals surface area contributed by atoms with Crippen LogP contribution in [0.2, 0.25) is 0 Å². The number of hydrogen-bond donors (Lipinski definition) is 0. The summed E-state index contributed by atoms with van der Waals surface area (Å²) < 4.78 is 6.55. The number of ether oxygens (including phenoxy) is 1. The van der Waals surface area contributed by atoms with Crippen LogP contribution in [0.15, 0.2) is 24.5 Å². The lowest BCUT2D eigenvalue weighted by molar-refractivity contribution is -0.140. The van der Waals surface area contributed by atoms with Crippen LogP contribution in [-0.4, -0.2) is 27.8 Å². The van der Waals surface area contributed by atoms with Gasteiger partial charge in [0.1, 0.15) is 0 Å². The van der Waals surface area contributed by atoms with Crippen LogP contribution in [0.4, 0.5) is 0 Å². The molecule has 100 valence electrons. The first-order chi connectivity index (χ1) is 9.13. The van der Waals surface area contributed by atoms with Crippen LogP contribution < -0.4 is 0 Å². The third kappa shape index (κ3) is 2.81. The molecule has 2 aromatic heterocycles. The second-order valence-corrected chi connectivity index (χ2v) is 4.34. The van der Waals surface area contributed by atoms with Gasteiger partial charge in [-0.1, -0.05) is 0 Å². The van der Waals surface area contributed by atoms with Gasteiger partial charge in [-0.05, 0) is 38.0 Å². The van der Waals surface area contributed by atoms with Crippen molar-refractivity contribution >= 4 is 5.97 Å². The fourth-order valence-corrected chi connectivity index (χ4v) is 2.10. The summed E-state index contributed by atoms with van der Waals surface area (Å²) in [7, 11) is 1.41. The van der Waals surface area contributed by atoms with Crippen LogP contribution in [0.25, 0.3) is 5.69 Å². The number of methoxy groups -OCH3 is 1. The van der Waals surface area contributed by atoms with E-state index in [1.54, 1.807) is 12.4 Å². The lowest BCUT2D eigenvalue weighted by Crippen LogP contribution is -2.03. The molecule has 0 bridgehead atoms. The van der Waals surface area contributed by atoms with Crippen LogP contribution in [0.3, 0.4) is 0 Å². The van der Waals surface area contributed by atoms with Gasteiger partial charge in [0, 0.05) is 24.5 Å². The van der Waals surface area contributed by atoms with Crippen molar-refractivity contribution < 1.29 is 9.53 Å². The van der Waals surface area contributed by atoms with Crippen LogP contribution in [0.5, 0.6) is 0 Å². The van der Waals surface area contributed by atoms with E-state index in [0.29, 0.717) is 12.8 Å². The molecule has 0 atom stereocenters. The van der Waals surface area contributed by atoms with Crippen molar-refractivity contribution in [1.82, 2.24) is 14.8 Å². The molecule has 0 amide bonds. The van der Waals surface area contributed by atoms with E-state index in [4.69, 9.17) is 0 Å². The summed E-state index contributed by atoms with van der Waals surface area (Å²) in [6.45, 7) is 3.96. The van der Waals surface area contributed by atoms with E-state index in [1.165, 1.54) is 7.11 Å². The highest BCUT2D eigenvalue weighted by molar-refractivity contribution is 5.69. The lowest BCUT2D eigenvalue weighted by atomic mass is 10.1. The smallest absolute Gasteiger partial charge is 0.305 e. The van der Waals surface area contributed by atoms with E-state index >= 15 is 0 Å². The average Bonchev–Trinajstić information content (AvgIpc) is 2.72. The van der Waals surface area contributed by atoms with Gasteiger partial charge < -0.3 is 4.74 Å². The summed E-state index contributed by atoms with van der Waals surface area (Å²) in [5.74, 6) is -0.199. The van der Waals surface area contributed by atoms with Gasteiger partial charge in [-0.25, -0.2) is 4.68 Å². The van der Waals surface area contributed by atoms with Gasteiger partial charge in [-0.3, -0.25) is 9.78 Å². The molecule has 0 spiro atoms. The molecule has 2 aromatic rings. The predicted octanol–water partition coefficient (Wildman–Crippen LogP) is 1.99. The van der Waals surface area contributed by atoms with Crippen LogP contribution >= 0.6 is 0 Å². The molecule has 0 saturated carbocycles. The molecule has 19 heavy (non-hydrogen) atoms. The summed E-state index contributed by atoms with van der Waals surface area (Å²) in [6.07, 6.45) is 4.50. The molecule has 0 aliphatic carbocycles. The van der Waals surface area contributed by atoms with Crippen LogP contribution in [0.1, 0.15) is 23.4 Å². The van der Waals surface area contributed by atoms with Crippen molar-refractivity contribution in [1.29, 1.82) is 0 Å². The molecule has 2 rings (SSSR count). The standard InChI is InChI=1S/C14H17N3O2/c1-10-13(4-5-14(18)19-3)11(2)17(16-10)12-6-8-15-9-7-12/h6-9H,4-5H2,1-3H3. The summed E-state index contributed by atoms with van der Waals surface area (Å²) in [5.41, 5.74) is 4.06. The number of esters is 1. The molecule has 5 nitrogen and oxygen atoms in total. The van der Waals surface area contributed by atoms with Crippen molar-refractivity contribution in [2.24, 2.45) is 0 Å². The Balaban J connectivity index is 2.27. The first-order valence-corrected chi connectivity index (χ1v) is 6.15. The predicted molar refractivity (Wildman–Crippen MR) is 71.2 cm³/mol. The summed E-state index contributed by atoms with van der Waals surface area (Å²) in [4.78, 5) is 15.2. The fraction of sp³-hybridized carbons (Fsp3) is 0.357. The van der Waals surface area contributed by atoms with Gasteiger partial charge in [0.25, 0.3) is 0 Å². The van der Waals surface area contributed by atoms with E-state index < -0.39 is 0 Å². The van der Waals surface area contributed by atoms with E-state index in [-0.39, 0.29) is 5.97 Å². The molecular weight excluding hydrogens is 242 g/mol. The van der Waals surface area contributed by atoms with E-state index in [9.17, 15) is 4.79 Å². The van der Waals surface area contributed by atoms with Gasteiger partial charge in [-0.15, -0.1) is 0 Å². The number of pyridine rings is 1. The molecule has 0 radical (unpaired) electrons. The quantitative estimate of drug-likeness (QED) is 0.788. The van der Waals surface area contributed by atoms with Gasteiger partial charge >= 0.3 is 5.97 Å². The summed E-state index contributed by atoms with van der Waals surface area (Å²) in [6, 6.07) is 3.81. The normalized spacial score (nSPS) is 10.5. The molecule has 0 aliphatic rings. The second kappa shape index (κ2) is 5.65. The maximum absolute atomic E-state index is 11.2. The molecule has 0 saturated heterocycles. The van der Waals surface area contributed by atoms with E-state index in [0.717, 1.165) is 22.6 Å². The Bertz CT molecular complexity index is 576. The Morgan fingerprint density at radius 2 is 2.00 bits per heavy atom. The third-order valence-corrected chi connectivity index (χ3v) is 3.16. The Kier molecular flexibility index (Phi) is 3.94. The summed E-state index contributed by atoms with van der Waals surface area (Å²) >= 11 is 0. The third-order valence-electron chi connectivity index (χ3n) is 3.16. The topological polar surface area (TPSA) is 57.0 Å². The Morgan fingerprint density at radius 1 is 1.32 bits per heavy atom. The maximum Gasteiger partial charge on any atom is 0.305 e. The molecule has 0 N–H and O–H groups in total. The minimum Gasteiger partial charge on any atom is -0.469 e. The number of aromatic nitrogens is 3. The molecular formula is C14H17N3O2. The number of carbonyl (C=O) groups excluding carboxylic acids is 1. The first kappa shape index (κ1) is 13.3. The SMILES string of the molecule is COC(=O)CCc1c(C)nn(-c2ccncc2)c1C. The van der Waals surface area contributed by atoms with Crippen LogP contribution in [0, 0.1) is 13.8 Å². The minimum atomic E-state index is -0.199. The molecule has 0 unspecified atom stereocenters. The maximum atomic E-state index is 11.2. The monoisotopic (exact) mass is 259 g/mol. The zero-order valence-corrected chi connectivity index (χ0v) is 11.4. The highest BCUT2D eigenvalue weighted by Crippen LogP contribution is 2.19. The number of hydrogen-bond acceptors (Lipinski definition) is 4. The van der Waals surface area contributed by atoms with E-state index in [2.05, 4.69) is 14.8 Å². The number of rotatable bonds is 4. The highest BCUT2D eigenvalue weighted by atomic mass is 16.5. The van der Waals surface area contributed by atoms with Crippen molar-refractivity contribution in [2.45, 2.75) is 26.7 Å². The summed E-state index contributed by atoms with van der Waals surface area (Å²) in [5, 5.41) is 4.52. The first-order valence-electron chi connectivity index (χ1n) is 6.15. The molecule has 0 aromatic carbocycles.